The number of aryl methyl sites for hydroxylation is 4. The van der Waals surface area contributed by atoms with Crippen molar-refractivity contribution in [2.24, 2.45) is 0 Å². The van der Waals surface area contributed by atoms with Crippen LogP contribution in [0, 0.1) is 13.8 Å². The minimum absolute atomic E-state index is 0.0464. The van der Waals surface area contributed by atoms with Crippen molar-refractivity contribution in [3.8, 4) is 5.75 Å². The van der Waals surface area contributed by atoms with Crippen molar-refractivity contribution in [1.29, 1.82) is 0 Å². The molecule has 0 bridgehead atoms. The minimum Gasteiger partial charge on any atom is -0.493 e. The van der Waals surface area contributed by atoms with E-state index >= 15 is 0 Å². The first-order chi connectivity index (χ1) is 17.0. The van der Waals surface area contributed by atoms with Gasteiger partial charge < -0.3 is 14.6 Å². The molecule has 0 saturated carbocycles. The van der Waals surface area contributed by atoms with Gasteiger partial charge in [0.1, 0.15) is 11.6 Å². The number of rotatable bonds is 11. The average molecular weight is 534 g/mol. The molecular weight excluding hydrogens is 502 g/mol. The Bertz CT molecular complexity index is 1260. The van der Waals surface area contributed by atoms with Gasteiger partial charge in [-0.15, -0.1) is 0 Å². The van der Waals surface area contributed by atoms with Crippen molar-refractivity contribution in [3.05, 3.63) is 93.7 Å². The van der Waals surface area contributed by atoms with Crippen molar-refractivity contribution in [1.82, 2.24) is 14.9 Å². The van der Waals surface area contributed by atoms with Gasteiger partial charge in [-0.2, -0.15) is 0 Å². The predicted molar refractivity (Wildman–Crippen MR) is 145 cm³/mol. The number of hydrogen-bond acceptors (Lipinski definition) is 3. The van der Waals surface area contributed by atoms with E-state index in [4.69, 9.17) is 9.72 Å². The van der Waals surface area contributed by atoms with Crippen LogP contribution in [0.25, 0.3) is 11.0 Å². The number of fused-ring (bicyclic) bond motifs is 1. The second-order valence-electron chi connectivity index (χ2n) is 8.81. The lowest BCUT2D eigenvalue weighted by atomic mass is 10.1. The molecule has 5 nitrogen and oxygen atoms in total. The molecule has 0 aliphatic heterocycles. The summed E-state index contributed by atoms with van der Waals surface area (Å²) in [6, 6.07) is 21.9. The van der Waals surface area contributed by atoms with Crippen LogP contribution in [0.3, 0.4) is 0 Å². The Morgan fingerprint density at radius 1 is 0.943 bits per heavy atom. The van der Waals surface area contributed by atoms with Crippen LogP contribution >= 0.6 is 15.9 Å². The smallest absolute Gasteiger partial charge is 0.251 e. The van der Waals surface area contributed by atoms with Crippen LogP contribution in [-0.2, 0) is 13.0 Å². The first-order valence-electron chi connectivity index (χ1n) is 12.2. The maximum Gasteiger partial charge on any atom is 0.251 e. The number of nitrogens with one attached hydrogen (secondary N) is 1. The summed E-state index contributed by atoms with van der Waals surface area (Å²) in [4.78, 5) is 17.2. The van der Waals surface area contributed by atoms with Gasteiger partial charge in [0.15, 0.2) is 0 Å². The van der Waals surface area contributed by atoms with Crippen molar-refractivity contribution in [3.63, 3.8) is 0 Å². The number of amides is 1. The van der Waals surface area contributed by atoms with Gasteiger partial charge in [0.2, 0.25) is 0 Å². The van der Waals surface area contributed by atoms with Gasteiger partial charge in [-0.25, -0.2) is 4.98 Å². The molecule has 0 unspecified atom stereocenters. The molecule has 0 aliphatic rings. The zero-order chi connectivity index (χ0) is 24.6. The SMILES string of the molecule is Cc1cccc(C)c1OCCCCn1c(CCCNC(=O)c2ccc(Br)cc2)nc2ccccc21. The van der Waals surface area contributed by atoms with Gasteiger partial charge in [-0.05, 0) is 80.6 Å². The van der Waals surface area contributed by atoms with Crippen LogP contribution in [0.1, 0.15) is 46.6 Å². The van der Waals surface area contributed by atoms with E-state index in [0.717, 1.165) is 59.3 Å². The summed E-state index contributed by atoms with van der Waals surface area (Å²) in [5, 5.41) is 3.02. The molecule has 0 atom stereocenters. The molecule has 6 heteroatoms. The lowest BCUT2D eigenvalue weighted by Gasteiger charge is -2.13. The number of aromatic nitrogens is 2. The Kier molecular flexibility index (Phi) is 8.59. The Balaban J connectivity index is 1.30. The van der Waals surface area contributed by atoms with Crippen molar-refractivity contribution < 1.29 is 9.53 Å². The lowest BCUT2D eigenvalue weighted by molar-refractivity contribution is 0.0953. The van der Waals surface area contributed by atoms with E-state index in [1.165, 1.54) is 11.1 Å². The van der Waals surface area contributed by atoms with E-state index in [1.54, 1.807) is 0 Å². The molecule has 4 rings (SSSR count). The number of halogens is 1. The largest absolute Gasteiger partial charge is 0.493 e. The molecule has 4 aromatic rings. The summed E-state index contributed by atoms with van der Waals surface area (Å²) < 4.78 is 9.37. The Hall–Kier alpha value is -3.12. The van der Waals surface area contributed by atoms with E-state index in [1.807, 2.05) is 30.3 Å². The fourth-order valence-electron chi connectivity index (χ4n) is 4.29. The van der Waals surface area contributed by atoms with Crippen LogP contribution in [-0.4, -0.2) is 28.6 Å². The van der Waals surface area contributed by atoms with Crippen LogP contribution in [0.4, 0.5) is 0 Å². The molecule has 1 aromatic heterocycles. The summed E-state index contributed by atoms with van der Waals surface area (Å²) in [5.41, 5.74) is 5.22. The first kappa shape index (κ1) is 25.0. The normalized spacial score (nSPS) is 11.1. The predicted octanol–water partition coefficient (Wildman–Crippen LogP) is 6.64. The Labute approximate surface area is 215 Å². The van der Waals surface area contributed by atoms with Gasteiger partial charge in [-0.1, -0.05) is 46.3 Å². The highest BCUT2D eigenvalue weighted by molar-refractivity contribution is 9.10. The van der Waals surface area contributed by atoms with E-state index in [2.05, 4.69) is 76.1 Å². The summed E-state index contributed by atoms with van der Waals surface area (Å²) in [6.07, 6.45) is 3.64. The summed E-state index contributed by atoms with van der Waals surface area (Å²) >= 11 is 3.40. The van der Waals surface area contributed by atoms with E-state index in [-0.39, 0.29) is 5.91 Å². The van der Waals surface area contributed by atoms with Gasteiger partial charge in [-0.3, -0.25) is 4.79 Å². The van der Waals surface area contributed by atoms with Crippen molar-refractivity contribution in [2.45, 2.75) is 46.1 Å². The van der Waals surface area contributed by atoms with Gasteiger partial charge >= 0.3 is 0 Å². The highest BCUT2D eigenvalue weighted by atomic mass is 79.9. The van der Waals surface area contributed by atoms with Crippen LogP contribution in [0.2, 0.25) is 0 Å². The number of carbonyl (C=O) groups excluding carboxylic acids is 1. The third-order valence-electron chi connectivity index (χ3n) is 6.13. The maximum atomic E-state index is 12.4. The molecule has 35 heavy (non-hydrogen) atoms. The van der Waals surface area contributed by atoms with Crippen LogP contribution in [0.5, 0.6) is 5.75 Å². The van der Waals surface area contributed by atoms with E-state index in [0.29, 0.717) is 18.7 Å². The third kappa shape index (κ3) is 6.51. The highest BCUT2D eigenvalue weighted by Crippen LogP contribution is 2.23. The molecule has 0 spiro atoms. The zero-order valence-electron chi connectivity index (χ0n) is 20.4. The number of para-hydroxylation sites is 3. The monoisotopic (exact) mass is 533 g/mol. The van der Waals surface area contributed by atoms with Gasteiger partial charge in [0.05, 0.1) is 17.6 Å². The second-order valence-corrected chi connectivity index (χ2v) is 9.73. The molecule has 1 amide bonds. The average Bonchev–Trinajstić information content (AvgIpc) is 3.21. The number of unbranched alkanes of at least 4 members (excludes halogenated alkanes) is 1. The molecule has 1 heterocycles. The molecule has 182 valence electrons. The third-order valence-corrected chi connectivity index (χ3v) is 6.66. The van der Waals surface area contributed by atoms with Crippen LogP contribution < -0.4 is 10.1 Å². The van der Waals surface area contributed by atoms with E-state index < -0.39 is 0 Å². The molecule has 3 aromatic carbocycles. The zero-order valence-corrected chi connectivity index (χ0v) is 22.0. The minimum atomic E-state index is -0.0464. The number of ether oxygens (including phenoxy) is 1. The summed E-state index contributed by atoms with van der Waals surface area (Å²) in [5.74, 6) is 2.03. The highest BCUT2D eigenvalue weighted by Gasteiger charge is 2.11. The van der Waals surface area contributed by atoms with Gasteiger partial charge in [0.25, 0.3) is 5.91 Å². The quantitative estimate of drug-likeness (QED) is 0.220. The molecular formula is C29H32BrN3O2. The molecule has 1 N–H and O–H groups in total. The summed E-state index contributed by atoms with van der Waals surface area (Å²) in [7, 11) is 0. The molecule has 0 fully saturated rings. The van der Waals surface area contributed by atoms with Crippen molar-refractivity contribution >= 4 is 32.9 Å². The number of hydrogen-bond donors (Lipinski definition) is 1. The van der Waals surface area contributed by atoms with E-state index in [9.17, 15) is 4.79 Å². The fraction of sp³-hybridized carbons (Fsp3) is 0.310. The number of carbonyl (C=O) groups is 1. The molecule has 0 saturated heterocycles. The van der Waals surface area contributed by atoms with Crippen molar-refractivity contribution in [2.75, 3.05) is 13.2 Å². The number of nitrogens with zero attached hydrogens (tertiary/aromatic N) is 2. The van der Waals surface area contributed by atoms with Gasteiger partial charge in [0, 0.05) is 29.5 Å². The maximum absolute atomic E-state index is 12.4. The lowest BCUT2D eigenvalue weighted by Crippen LogP contribution is -2.25. The van der Waals surface area contributed by atoms with Crippen LogP contribution in [0.15, 0.2) is 71.2 Å². The second kappa shape index (κ2) is 12.0. The first-order valence-corrected chi connectivity index (χ1v) is 13.0. The fourth-order valence-corrected chi connectivity index (χ4v) is 4.55. The summed E-state index contributed by atoms with van der Waals surface area (Å²) in [6.45, 7) is 6.40. The Morgan fingerprint density at radius 3 is 2.46 bits per heavy atom. The molecule has 0 aliphatic carbocycles. The topological polar surface area (TPSA) is 56.1 Å². The standard InChI is InChI=1S/C29H32BrN3O2/c1-21-9-7-10-22(2)28(21)35-20-6-5-19-33-26-12-4-3-11-25(26)32-27(33)13-8-18-31-29(34)23-14-16-24(30)17-15-23/h3-4,7,9-12,14-17H,5-6,8,13,18-20H2,1-2H3,(H,31,34). The number of benzene rings is 3. The Morgan fingerprint density at radius 2 is 1.69 bits per heavy atom. The number of imidazole rings is 1. The molecule has 0 radical (unpaired) electrons.